The van der Waals surface area contributed by atoms with Gasteiger partial charge in [-0.3, -0.25) is 4.79 Å². The van der Waals surface area contributed by atoms with Gasteiger partial charge >= 0.3 is 0 Å². The molecule has 2 aromatic heterocycles. The van der Waals surface area contributed by atoms with E-state index in [1.807, 2.05) is 11.8 Å². The van der Waals surface area contributed by atoms with Crippen molar-refractivity contribution in [3.05, 3.63) is 27.8 Å². The van der Waals surface area contributed by atoms with E-state index >= 15 is 0 Å². The fourth-order valence-electron chi connectivity index (χ4n) is 2.62. The second-order valence-corrected chi connectivity index (χ2v) is 7.03. The highest BCUT2D eigenvalue weighted by atomic mass is 32.1. The topological polar surface area (TPSA) is 72.1 Å². The Kier molecular flexibility index (Phi) is 4.24. The Morgan fingerprint density at radius 3 is 2.68 bits per heavy atom. The number of hydrogen-bond acceptors (Lipinski definition) is 6. The summed E-state index contributed by atoms with van der Waals surface area (Å²) in [5, 5.41) is 4.85. The van der Waals surface area contributed by atoms with E-state index in [0.717, 1.165) is 35.8 Å². The van der Waals surface area contributed by atoms with Gasteiger partial charge < -0.3 is 9.42 Å². The summed E-state index contributed by atoms with van der Waals surface area (Å²) in [7, 11) is 0. The van der Waals surface area contributed by atoms with Crippen LogP contribution in [0.3, 0.4) is 0 Å². The monoisotopic (exact) mass is 320 g/mol. The molecule has 0 saturated carbocycles. The molecule has 0 bridgehead atoms. The smallest absolute Gasteiger partial charge is 0.265 e. The van der Waals surface area contributed by atoms with Crippen LogP contribution in [0, 0.1) is 6.92 Å². The van der Waals surface area contributed by atoms with Crippen LogP contribution in [0.15, 0.2) is 10.7 Å². The van der Waals surface area contributed by atoms with Crippen LogP contribution < -0.4 is 0 Å². The quantitative estimate of drug-likeness (QED) is 0.869. The first-order valence-corrected chi connectivity index (χ1v) is 8.41. The number of nitrogens with zero attached hydrogens (tertiary/aromatic N) is 4. The molecule has 3 heterocycles. The van der Waals surface area contributed by atoms with Crippen LogP contribution in [0.4, 0.5) is 0 Å². The van der Waals surface area contributed by atoms with Crippen LogP contribution in [0.1, 0.15) is 64.9 Å². The number of rotatable bonds is 3. The summed E-state index contributed by atoms with van der Waals surface area (Å²) >= 11 is 1.50. The van der Waals surface area contributed by atoms with E-state index in [0.29, 0.717) is 17.6 Å². The van der Waals surface area contributed by atoms with Crippen LogP contribution in [-0.2, 0) is 0 Å². The van der Waals surface area contributed by atoms with Crippen LogP contribution in [0.2, 0.25) is 0 Å². The van der Waals surface area contributed by atoms with Gasteiger partial charge in [-0.1, -0.05) is 19.0 Å². The third kappa shape index (κ3) is 3.04. The first kappa shape index (κ1) is 15.1. The Bertz CT molecular complexity index is 656. The van der Waals surface area contributed by atoms with Crippen molar-refractivity contribution in [1.29, 1.82) is 0 Å². The first-order valence-electron chi connectivity index (χ1n) is 7.59. The molecule has 0 spiro atoms. The maximum atomic E-state index is 12.5. The zero-order valence-corrected chi connectivity index (χ0v) is 13.9. The van der Waals surface area contributed by atoms with Crippen molar-refractivity contribution in [2.75, 3.05) is 13.1 Å². The number of carbonyl (C=O) groups is 1. The molecule has 1 fully saturated rings. The lowest BCUT2D eigenvalue weighted by atomic mass is 9.96. The van der Waals surface area contributed by atoms with Gasteiger partial charge in [-0.25, -0.2) is 4.98 Å². The molecule has 0 N–H and O–H groups in total. The van der Waals surface area contributed by atoms with Crippen molar-refractivity contribution >= 4 is 17.2 Å². The molecule has 1 aliphatic heterocycles. The van der Waals surface area contributed by atoms with Gasteiger partial charge in [0.2, 0.25) is 5.89 Å². The first-order chi connectivity index (χ1) is 10.5. The van der Waals surface area contributed by atoms with Gasteiger partial charge in [0.1, 0.15) is 4.88 Å². The Hall–Kier alpha value is -1.76. The number of likely N-dealkylation sites (tertiary alicyclic amines) is 1. The molecule has 1 aliphatic rings. The number of carbonyl (C=O) groups excluding carboxylic acids is 1. The third-order valence-electron chi connectivity index (χ3n) is 3.90. The van der Waals surface area contributed by atoms with Crippen LogP contribution in [0.5, 0.6) is 0 Å². The van der Waals surface area contributed by atoms with Crippen molar-refractivity contribution < 1.29 is 9.32 Å². The predicted octanol–water partition coefficient (Wildman–Crippen LogP) is 2.98. The van der Waals surface area contributed by atoms with E-state index in [-0.39, 0.29) is 11.8 Å². The van der Waals surface area contributed by atoms with Crippen LogP contribution in [-0.4, -0.2) is 39.0 Å². The van der Waals surface area contributed by atoms with Crippen LogP contribution in [0.25, 0.3) is 0 Å². The van der Waals surface area contributed by atoms with Gasteiger partial charge in [-0.2, -0.15) is 4.98 Å². The molecular formula is C15H20N4O2S. The minimum absolute atomic E-state index is 0.0876. The molecule has 0 radical (unpaired) electrons. The number of amides is 1. The average molecular weight is 320 g/mol. The maximum Gasteiger partial charge on any atom is 0.265 e. The molecule has 1 saturated heterocycles. The Morgan fingerprint density at radius 2 is 2.14 bits per heavy atom. The maximum absolute atomic E-state index is 12.5. The normalized spacial score (nSPS) is 16.5. The van der Waals surface area contributed by atoms with Crippen molar-refractivity contribution in [2.45, 2.75) is 45.4 Å². The fourth-order valence-corrected chi connectivity index (χ4v) is 3.51. The molecule has 7 heteroatoms. The largest absolute Gasteiger partial charge is 0.339 e. The highest BCUT2D eigenvalue weighted by molar-refractivity contribution is 7.13. The summed E-state index contributed by atoms with van der Waals surface area (Å²) in [6.45, 7) is 7.44. The van der Waals surface area contributed by atoms with Crippen molar-refractivity contribution in [3.8, 4) is 0 Å². The molecule has 1 amide bonds. The fraction of sp³-hybridized carbons (Fsp3) is 0.600. The molecule has 2 aromatic rings. The van der Waals surface area contributed by atoms with Gasteiger partial charge in [-0.05, 0) is 19.8 Å². The summed E-state index contributed by atoms with van der Waals surface area (Å²) in [5.74, 6) is 2.07. The van der Waals surface area contributed by atoms with E-state index in [4.69, 9.17) is 4.52 Å². The zero-order chi connectivity index (χ0) is 15.7. The number of piperidine rings is 1. The van der Waals surface area contributed by atoms with Gasteiger partial charge in [0.25, 0.3) is 5.91 Å². The third-order valence-corrected chi connectivity index (χ3v) is 5.19. The average Bonchev–Trinajstić information content (AvgIpc) is 3.16. The molecule has 118 valence electrons. The van der Waals surface area contributed by atoms with Gasteiger partial charge in [-0.15, -0.1) is 11.3 Å². The molecule has 22 heavy (non-hydrogen) atoms. The number of aromatic nitrogens is 3. The van der Waals surface area contributed by atoms with Gasteiger partial charge in [0.15, 0.2) is 5.82 Å². The second-order valence-electron chi connectivity index (χ2n) is 5.96. The predicted molar refractivity (Wildman–Crippen MR) is 83.1 cm³/mol. The van der Waals surface area contributed by atoms with Crippen molar-refractivity contribution in [2.24, 2.45) is 0 Å². The number of hydrogen-bond donors (Lipinski definition) is 0. The lowest BCUT2D eigenvalue weighted by molar-refractivity contribution is 0.0709. The summed E-state index contributed by atoms with van der Waals surface area (Å²) in [6.07, 6.45) is 3.43. The molecule has 3 rings (SSSR count). The lowest BCUT2D eigenvalue weighted by Gasteiger charge is -2.29. The van der Waals surface area contributed by atoms with Crippen molar-refractivity contribution in [1.82, 2.24) is 20.0 Å². The highest BCUT2D eigenvalue weighted by Crippen LogP contribution is 2.29. The van der Waals surface area contributed by atoms with E-state index in [1.165, 1.54) is 11.3 Å². The second kappa shape index (κ2) is 6.16. The Morgan fingerprint density at radius 1 is 1.41 bits per heavy atom. The summed E-state index contributed by atoms with van der Waals surface area (Å²) in [4.78, 5) is 23.8. The van der Waals surface area contributed by atoms with E-state index < -0.39 is 0 Å². The van der Waals surface area contributed by atoms with E-state index in [2.05, 4.69) is 29.0 Å². The molecule has 0 aliphatic carbocycles. The Labute approximate surface area is 133 Å². The van der Waals surface area contributed by atoms with Crippen LogP contribution >= 0.6 is 11.3 Å². The number of thiazole rings is 1. The lowest BCUT2D eigenvalue weighted by Crippen LogP contribution is -2.37. The highest BCUT2D eigenvalue weighted by Gasteiger charge is 2.28. The van der Waals surface area contributed by atoms with Crippen molar-refractivity contribution in [3.63, 3.8) is 0 Å². The summed E-state index contributed by atoms with van der Waals surface area (Å²) < 4.78 is 5.24. The van der Waals surface area contributed by atoms with E-state index in [9.17, 15) is 4.79 Å². The Balaban J connectivity index is 1.61. The molecular weight excluding hydrogens is 300 g/mol. The van der Waals surface area contributed by atoms with Gasteiger partial charge in [0.05, 0.1) is 11.2 Å². The summed E-state index contributed by atoms with van der Waals surface area (Å²) in [6, 6.07) is 0. The summed E-state index contributed by atoms with van der Waals surface area (Å²) in [5.41, 5.74) is 0. The molecule has 0 atom stereocenters. The molecule has 0 unspecified atom stereocenters. The number of aryl methyl sites for hydroxylation is 1. The molecule has 0 aromatic carbocycles. The SMILES string of the molecule is Cc1noc(C2CCN(C(=O)c3cnc(C(C)C)s3)CC2)n1. The van der Waals surface area contributed by atoms with Gasteiger partial charge in [0, 0.05) is 24.9 Å². The molecule has 6 nitrogen and oxygen atoms in total. The zero-order valence-electron chi connectivity index (χ0n) is 13.1. The standard InChI is InChI=1S/C15H20N4O2S/c1-9(2)14-16-8-12(22-14)15(20)19-6-4-11(5-7-19)13-17-10(3)18-21-13/h8-9,11H,4-7H2,1-3H3. The minimum Gasteiger partial charge on any atom is -0.339 e. The van der Waals surface area contributed by atoms with E-state index in [1.54, 1.807) is 6.20 Å². The minimum atomic E-state index is 0.0876.